The van der Waals surface area contributed by atoms with Crippen LogP contribution in [-0.4, -0.2) is 35.0 Å². The van der Waals surface area contributed by atoms with Crippen LogP contribution in [0.2, 0.25) is 0 Å². The molecule has 1 fully saturated rings. The Morgan fingerprint density at radius 1 is 1.22 bits per heavy atom. The van der Waals surface area contributed by atoms with Crippen molar-refractivity contribution in [3.63, 3.8) is 0 Å². The van der Waals surface area contributed by atoms with Crippen molar-refractivity contribution in [2.24, 2.45) is 0 Å². The molecule has 0 bridgehead atoms. The van der Waals surface area contributed by atoms with Crippen LogP contribution in [-0.2, 0) is 4.74 Å². The van der Waals surface area contributed by atoms with E-state index in [1.807, 2.05) is 47.4 Å². The fraction of sp³-hybridized carbons (Fsp3) is 0.333. The Morgan fingerprint density at radius 2 is 2.09 bits per heavy atom. The predicted molar refractivity (Wildman–Crippen MR) is 87.1 cm³/mol. The molecule has 5 heteroatoms. The number of fused-ring (bicyclic) bond motifs is 1. The molecule has 1 amide bonds. The zero-order valence-corrected chi connectivity index (χ0v) is 12.8. The van der Waals surface area contributed by atoms with E-state index in [0.29, 0.717) is 12.1 Å². The second-order valence-electron chi connectivity index (χ2n) is 5.94. The summed E-state index contributed by atoms with van der Waals surface area (Å²) in [6, 6.07) is 13.4. The van der Waals surface area contributed by atoms with Crippen LogP contribution in [0.25, 0.3) is 0 Å². The van der Waals surface area contributed by atoms with Crippen LogP contribution in [0.4, 0.5) is 5.69 Å². The van der Waals surface area contributed by atoms with E-state index in [4.69, 9.17) is 4.74 Å². The highest BCUT2D eigenvalue weighted by Crippen LogP contribution is 2.33. The first-order chi connectivity index (χ1) is 11.3. The van der Waals surface area contributed by atoms with E-state index in [-0.39, 0.29) is 18.2 Å². The lowest BCUT2D eigenvalue weighted by molar-refractivity contribution is 0.0422. The topological polar surface area (TPSA) is 54.5 Å². The third-order valence-corrected chi connectivity index (χ3v) is 4.41. The summed E-state index contributed by atoms with van der Waals surface area (Å²) in [5.74, 6) is 0.0329. The summed E-state index contributed by atoms with van der Waals surface area (Å²) in [5, 5.41) is 3.45. The summed E-state index contributed by atoms with van der Waals surface area (Å²) in [4.78, 5) is 19.3. The standard InChI is InChI=1S/C18H19N3O2/c22-18-14-7-1-2-8-15(14)20-17(16-9-3-4-10-19-16)21(18)12-13-6-5-11-23-13/h1-4,7-10,13,17,20H,5-6,11-12H2. The molecule has 2 unspecified atom stereocenters. The maximum absolute atomic E-state index is 13.0. The molecule has 0 saturated carbocycles. The summed E-state index contributed by atoms with van der Waals surface area (Å²) in [5.41, 5.74) is 2.41. The summed E-state index contributed by atoms with van der Waals surface area (Å²) in [7, 11) is 0. The number of carbonyl (C=O) groups is 1. The molecule has 3 heterocycles. The van der Waals surface area contributed by atoms with E-state index in [9.17, 15) is 4.79 Å². The van der Waals surface area contributed by atoms with Crippen LogP contribution in [0.1, 0.15) is 35.1 Å². The van der Waals surface area contributed by atoms with Gasteiger partial charge in [0.15, 0.2) is 0 Å². The first-order valence-corrected chi connectivity index (χ1v) is 8.02. The minimum absolute atomic E-state index is 0.0329. The number of anilines is 1. The number of rotatable bonds is 3. The number of pyridine rings is 1. The minimum Gasteiger partial charge on any atom is -0.376 e. The van der Waals surface area contributed by atoms with E-state index in [0.717, 1.165) is 30.8 Å². The highest BCUT2D eigenvalue weighted by molar-refractivity contribution is 6.01. The van der Waals surface area contributed by atoms with Crippen LogP contribution in [0.5, 0.6) is 0 Å². The lowest BCUT2D eigenvalue weighted by Crippen LogP contribution is -2.46. The fourth-order valence-electron chi connectivity index (χ4n) is 3.26. The van der Waals surface area contributed by atoms with Crippen molar-refractivity contribution in [3.05, 3.63) is 59.9 Å². The van der Waals surface area contributed by atoms with Gasteiger partial charge in [0.05, 0.1) is 17.4 Å². The largest absolute Gasteiger partial charge is 0.376 e. The second kappa shape index (κ2) is 6.01. The zero-order chi connectivity index (χ0) is 15.6. The van der Waals surface area contributed by atoms with Gasteiger partial charge in [-0.1, -0.05) is 18.2 Å². The van der Waals surface area contributed by atoms with Gasteiger partial charge in [-0.25, -0.2) is 0 Å². The Labute approximate surface area is 135 Å². The van der Waals surface area contributed by atoms with Gasteiger partial charge in [-0.3, -0.25) is 9.78 Å². The SMILES string of the molecule is O=C1c2ccccc2NC(c2ccccn2)N1CC1CCCO1. The molecular formula is C18H19N3O2. The Balaban J connectivity index is 1.70. The third kappa shape index (κ3) is 2.68. The van der Waals surface area contributed by atoms with Gasteiger partial charge in [0.2, 0.25) is 0 Å². The highest BCUT2D eigenvalue weighted by Gasteiger charge is 2.35. The molecule has 5 nitrogen and oxygen atoms in total. The first kappa shape index (κ1) is 14.2. The smallest absolute Gasteiger partial charge is 0.257 e. The van der Waals surface area contributed by atoms with Gasteiger partial charge >= 0.3 is 0 Å². The molecule has 1 aromatic heterocycles. The molecular weight excluding hydrogens is 290 g/mol. The number of hydrogen-bond acceptors (Lipinski definition) is 4. The molecule has 2 aliphatic heterocycles. The molecule has 1 aromatic carbocycles. The predicted octanol–water partition coefficient (Wildman–Crippen LogP) is 2.83. The normalized spacial score (nSPS) is 23.5. The average Bonchev–Trinajstić information content (AvgIpc) is 3.11. The molecule has 0 radical (unpaired) electrons. The van der Waals surface area contributed by atoms with E-state index in [1.165, 1.54) is 0 Å². The fourth-order valence-corrected chi connectivity index (χ4v) is 3.26. The molecule has 118 valence electrons. The molecule has 1 saturated heterocycles. The van der Waals surface area contributed by atoms with Crippen LogP contribution in [0.15, 0.2) is 48.7 Å². The molecule has 2 aromatic rings. The number of amides is 1. The Kier molecular flexibility index (Phi) is 3.71. The average molecular weight is 309 g/mol. The van der Waals surface area contributed by atoms with Gasteiger partial charge in [0, 0.05) is 25.0 Å². The van der Waals surface area contributed by atoms with E-state index >= 15 is 0 Å². The van der Waals surface area contributed by atoms with Gasteiger partial charge in [-0.15, -0.1) is 0 Å². The van der Waals surface area contributed by atoms with Crippen LogP contribution in [0.3, 0.4) is 0 Å². The van der Waals surface area contributed by atoms with E-state index in [1.54, 1.807) is 6.20 Å². The molecule has 2 aliphatic rings. The molecule has 0 spiro atoms. The Hall–Kier alpha value is -2.40. The van der Waals surface area contributed by atoms with Crippen LogP contribution < -0.4 is 5.32 Å². The van der Waals surface area contributed by atoms with Crippen molar-refractivity contribution in [1.29, 1.82) is 0 Å². The maximum Gasteiger partial charge on any atom is 0.257 e. The van der Waals surface area contributed by atoms with Crippen molar-refractivity contribution in [2.75, 3.05) is 18.5 Å². The van der Waals surface area contributed by atoms with Crippen molar-refractivity contribution in [2.45, 2.75) is 25.1 Å². The number of ether oxygens (including phenoxy) is 1. The number of nitrogens with one attached hydrogen (secondary N) is 1. The minimum atomic E-state index is -0.261. The molecule has 1 N–H and O–H groups in total. The van der Waals surface area contributed by atoms with Crippen molar-refractivity contribution < 1.29 is 9.53 Å². The number of aromatic nitrogens is 1. The summed E-state index contributed by atoms with van der Waals surface area (Å²) < 4.78 is 5.73. The first-order valence-electron chi connectivity index (χ1n) is 8.02. The highest BCUT2D eigenvalue weighted by atomic mass is 16.5. The number of carbonyl (C=O) groups excluding carboxylic acids is 1. The number of nitrogens with zero attached hydrogens (tertiary/aromatic N) is 2. The van der Waals surface area contributed by atoms with Crippen LogP contribution in [0, 0.1) is 0 Å². The maximum atomic E-state index is 13.0. The molecule has 23 heavy (non-hydrogen) atoms. The van der Waals surface area contributed by atoms with Gasteiger partial charge in [0.1, 0.15) is 6.17 Å². The summed E-state index contributed by atoms with van der Waals surface area (Å²) >= 11 is 0. The van der Waals surface area contributed by atoms with E-state index in [2.05, 4.69) is 10.3 Å². The van der Waals surface area contributed by atoms with Crippen molar-refractivity contribution in [1.82, 2.24) is 9.88 Å². The van der Waals surface area contributed by atoms with Gasteiger partial charge in [-0.05, 0) is 37.1 Å². The molecule has 4 rings (SSSR count). The number of para-hydroxylation sites is 1. The van der Waals surface area contributed by atoms with Gasteiger partial charge < -0.3 is 15.0 Å². The van der Waals surface area contributed by atoms with Crippen molar-refractivity contribution >= 4 is 11.6 Å². The summed E-state index contributed by atoms with van der Waals surface area (Å²) in [6.45, 7) is 1.37. The lowest BCUT2D eigenvalue weighted by Gasteiger charge is -2.38. The van der Waals surface area contributed by atoms with Crippen LogP contribution >= 0.6 is 0 Å². The second-order valence-corrected chi connectivity index (χ2v) is 5.94. The van der Waals surface area contributed by atoms with E-state index < -0.39 is 0 Å². The Morgan fingerprint density at radius 3 is 2.87 bits per heavy atom. The van der Waals surface area contributed by atoms with Crippen molar-refractivity contribution in [3.8, 4) is 0 Å². The summed E-state index contributed by atoms with van der Waals surface area (Å²) in [6.07, 6.45) is 3.66. The monoisotopic (exact) mass is 309 g/mol. The van der Waals surface area contributed by atoms with Gasteiger partial charge in [0.25, 0.3) is 5.91 Å². The molecule has 2 atom stereocenters. The van der Waals surface area contributed by atoms with Gasteiger partial charge in [-0.2, -0.15) is 0 Å². The quantitative estimate of drug-likeness (QED) is 0.947. The number of hydrogen-bond donors (Lipinski definition) is 1. The Bertz CT molecular complexity index is 698. The lowest BCUT2D eigenvalue weighted by atomic mass is 10.0. The third-order valence-electron chi connectivity index (χ3n) is 4.41. The molecule has 0 aliphatic carbocycles. The number of benzene rings is 1. The zero-order valence-electron chi connectivity index (χ0n) is 12.8.